The van der Waals surface area contributed by atoms with Gasteiger partial charge >= 0.3 is 6.09 Å². The van der Waals surface area contributed by atoms with Crippen LogP contribution in [-0.4, -0.2) is 57.5 Å². The summed E-state index contributed by atoms with van der Waals surface area (Å²) < 4.78 is 39.1. The number of methoxy groups -OCH3 is 1. The quantitative estimate of drug-likeness (QED) is 0.601. The first-order chi connectivity index (χ1) is 16.3. The van der Waals surface area contributed by atoms with Gasteiger partial charge in [-0.1, -0.05) is 0 Å². The highest BCUT2D eigenvalue weighted by molar-refractivity contribution is 5.81. The summed E-state index contributed by atoms with van der Waals surface area (Å²) in [6, 6.07) is 5.41. The average Bonchev–Trinajstić information content (AvgIpc) is 3.18. The fourth-order valence-corrected chi connectivity index (χ4v) is 5.22. The molecular formula is C24H27F2N5O3. The smallest absolute Gasteiger partial charge is 0.410 e. The first-order valence-electron chi connectivity index (χ1n) is 11.4. The fourth-order valence-electron chi connectivity index (χ4n) is 5.22. The highest BCUT2D eigenvalue weighted by atomic mass is 19.3. The summed E-state index contributed by atoms with van der Waals surface area (Å²) in [7, 11) is 1.49. The lowest BCUT2D eigenvalue weighted by Crippen LogP contribution is -2.60. The number of rotatable bonds is 5. The van der Waals surface area contributed by atoms with Gasteiger partial charge in [0.15, 0.2) is 11.5 Å². The first-order valence-corrected chi connectivity index (χ1v) is 11.4. The van der Waals surface area contributed by atoms with Gasteiger partial charge in [0.25, 0.3) is 5.92 Å². The molecule has 1 amide bonds. The van der Waals surface area contributed by atoms with Crippen molar-refractivity contribution in [2.24, 2.45) is 5.73 Å². The van der Waals surface area contributed by atoms with Crippen molar-refractivity contribution < 1.29 is 23.0 Å². The zero-order valence-corrected chi connectivity index (χ0v) is 19.1. The van der Waals surface area contributed by atoms with E-state index >= 15 is 0 Å². The molecule has 1 saturated heterocycles. The molecule has 0 unspecified atom stereocenters. The molecule has 2 fully saturated rings. The van der Waals surface area contributed by atoms with Crippen molar-refractivity contribution in [1.82, 2.24) is 19.3 Å². The number of imidazole rings is 1. The van der Waals surface area contributed by atoms with Gasteiger partial charge in [-0.25, -0.2) is 18.6 Å². The molecule has 1 aliphatic carbocycles. The number of primary amides is 1. The van der Waals surface area contributed by atoms with Gasteiger partial charge in [0.05, 0.1) is 37.1 Å². The predicted molar refractivity (Wildman–Crippen MR) is 121 cm³/mol. The van der Waals surface area contributed by atoms with Crippen molar-refractivity contribution in [3.05, 3.63) is 42.1 Å². The standard InChI is InChI=1S/C24H27F2N5O3/c1-14-21-20(16-5-8-18(34-23(27)32)19(11-16)33-2)29-22(31(21)10-9-28-14)15-3-6-17(7-4-15)30-12-24(25,26)13-30/h5,8-11,15,17H,3-4,6-7,12-13H2,1-2H3,(H2,27,32). The predicted octanol–water partition coefficient (Wildman–Crippen LogP) is 4.15. The Labute approximate surface area is 195 Å². The first kappa shape index (κ1) is 22.5. The van der Waals surface area contributed by atoms with Crippen LogP contribution in [0.4, 0.5) is 13.6 Å². The maximum Gasteiger partial charge on any atom is 0.410 e. The highest BCUT2D eigenvalue weighted by Crippen LogP contribution is 2.41. The molecular weight excluding hydrogens is 444 g/mol. The van der Waals surface area contributed by atoms with E-state index in [4.69, 9.17) is 20.2 Å². The van der Waals surface area contributed by atoms with Crippen molar-refractivity contribution in [3.8, 4) is 22.8 Å². The number of nitrogens with two attached hydrogens (primary N) is 1. The zero-order chi connectivity index (χ0) is 24.0. The Bertz CT molecular complexity index is 1230. The Hall–Kier alpha value is -3.27. The minimum atomic E-state index is -2.53. The molecule has 2 aliphatic rings. The maximum absolute atomic E-state index is 13.3. The number of nitrogens with zero attached hydrogens (tertiary/aromatic N) is 4. The van der Waals surface area contributed by atoms with Crippen molar-refractivity contribution in [3.63, 3.8) is 0 Å². The summed E-state index contributed by atoms with van der Waals surface area (Å²) in [5.74, 6) is -0.770. The normalized spacial score (nSPS) is 22.4. The maximum atomic E-state index is 13.3. The number of fused-ring (bicyclic) bond motifs is 1. The number of hydrogen-bond acceptors (Lipinski definition) is 6. The molecule has 0 radical (unpaired) electrons. The molecule has 0 atom stereocenters. The number of hydrogen-bond donors (Lipinski definition) is 1. The van der Waals surface area contributed by atoms with E-state index in [2.05, 4.69) is 9.38 Å². The Morgan fingerprint density at radius 1 is 1.18 bits per heavy atom. The minimum absolute atomic E-state index is 0.124. The van der Waals surface area contributed by atoms with Crippen LogP contribution in [0.15, 0.2) is 30.6 Å². The fraction of sp³-hybridized carbons (Fsp3) is 0.458. The number of ether oxygens (including phenoxy) is 2. The van der Waals surface area contributed by atoms with Crippen molar-refractivity contribution in [2.75, 3.05) is 20.2 Å². The van der Waals surface area contributed by atoms with Gasteiger partial charge in [-0.3, -0.25) is 14.3 Å². The summed E-state index contributed by atoms with van der Waals surface area (Å²) in [5, 5.41) is 0. The second kappa shape index (κ2) is 8.50. The number of carbonyl (C=O) groups is 1. The Kier molecular flexibility index (Phi) is 5.63. The van der Waals surface area contributed by atoms with E-state index in [0.717, 1.165) is 54.0 Å². The summed E-state index contributed by atoms with van der Waals surface area (Å²) >= 11 is 0. The van der Waals surface area contributed by atoms with Gasteiger partial charge in [-0.05, 0) is 50.8 Å². The van der Waals surface area contributed by atoms with E-state index in [-0.39, 0.29) is 30.8 Å². The Morgan fingerprint density at radius 3 is 2.56 bits per heavy atom. The van der Waals surface area contributed by atoms with Gasteiger partial charge in [-0.15, -0.1) is 0 Å². The lowest BCUT2D eigenvalue weighted by atomic mass is 9.83. The van der Waals surface area contributed by atoms with Crippen molar-refractivity contribution in [1.29, 1.82) is 0 Å². The van der Waals surface area contributed by atoms with Crippen molar-refractivity contribution in [2.45, 2.75) is 50.5 Å². The van der Waals surface area contributed by atoms with Crippen LogP contribution in [-0.2, 0) is 0 Å². The molecule has 2 aromatic heterocycles. The number of carbonyl (C=O) groups excluding carboxylic acids is 1. The van der Waals surface area contributed by atoms with Crippen molar-refractivity contribution >= 4 is 11.6 Å². The van der Waals surface area contributed by atoms with E-state index in [1.165, 1.54) is 7.11 Å². The van der Waals surface area contributed by atoms with Crippen LogP contribution in [0.5, 0.6) is 11.5 Å². The molecule has 0 bridgehead atoms. The molecule has 0 spiro atoms. The molecule has 5 rings (SSSR count). The molecule has 34 heavy (non-hydrogen) atoms. The largest absolute Gasteiger partial charge is 0.493 e. The molecule has 1 saturated carbocycles. The molecule has 1 aromatic carbocycles. The summed E-state index contributed by atoms with van der Waals surface area (Å²) in [6.07, 6.45) is 6.29. The highest BCUT2D eigenvalue weighted by Gasteiger charge is 2.47. The zero-order valence-electron chi connectivity index (χ0n) is 19.1. The van der Waals surface area contributed by atoms with Crippen LogP contribution >= 0.6 is 0 Å². The molecule has 3 heterocycles. The third-order valence-corrected chi connectivity index (χ3v) is 6.86. The van der Waals surface area contributed by atoms with E-state index in [1.807, 2.05) is 18.0 Å². The van der Waals surface area contributed by atoms with Gasteiger partial charge in [0.1, 0.15) is 5.82 Å². The van der Waals surface area contributed by atoms with E-state index in [0.29, 0.717) is 5.75 Å². The number of aromatic nitrogens is 3. The van der Waals surface area contributed by atoms with Crippen LogP contribution in [0.2, 0.25) is 0 Å². The third-order valence-electron chi connectivity index (χ3n) is 6.86. The second-order valence-corrected chi connectivity index (χ2v) is 9.10. The summed E-state index contributed by atoms with van der Waals surface area (Å²) in [4.78, 5) is 22.6. The van der Waals surface area contributed by atoms with Crippen LogP contribution in [0, 0.1) is 6.92 Å². The minimum Gasteiger partial charge on any atom is -0.493 e. The molecule has 180 valence electrons. The van der Waals surface area contributed by atoms with Crippen LogP contribution < -0.4 is 15.2 Å². The number of aryl methyl sites for hydroxylation is 1. The van der Waals surface area contributed by atoms with Gasteiger partial charge in [0.2, 0.25) is 0 Å². The Morgan fingerprint density at radius 2 is 1.91 bits per heavy atom. The molecule has 8 nitrogen and oxygen atoms in total. The van der Waals surface area contributed by atoms with E-state index < -0.39 is 12.0 Å². The molecule has 2 N–H and O–H groups in total. The monoisotopic (exact) mass is 471 g/mol. The number of halogens is 2. The molecule has 10 heteroatoms. The van der Waals surface area contributed by atoms with E-state index in [1.54, 1.807) is 24.4 Å². The number of amides is 1. The average molecular weight is 472 g/mol. The number of benzene rings is 1. The topological polar surface area (TPSA) is 95.0 Å². The molecule has 3 aromatic rings. The van der Waals surface area contributed by atoms with Gasteiger partial charge in [0, 0.05) is 29.9 Å². The lowest BCUT2D eigenvalue weighted by molar-refractivity contribution is -0.150. The number of alkyl halides is 2. The van der Waals surface area contributed by atoms with Gasteiger partial charge in [-0.2, -0.15) is 0 Å². The second-order valence-electron chi connectivity index (χ2n) is 9.10. The van der Waals surface area contributed by atoms with Crippen LogP contribution in [0.3, 0.4) is 0 Å². The van der Waals surface area contributed by atoms with Gasteiger partial charge < -0.3 is 15.2 Å². The SMILES string of the molecule is COc1cc(-c2nc(C3CCC(N4CC(F)(F)C4)CC3)n3ccnc(C)c23)ccc1OC(N)=O. The summed E-state index contributed by atoms with van der Waals surface area (Å²) in [6.45, 7) is 1.69. The third kappa shape index (κ3) is 4.06. The van der Waals surface area contributed by atoms with E-state index in [9.17, 15) is 13.6 Å². The summed E-state index contributed by atoms with van der Waals surface area (Å²) in [5.41, 5.74) is 8.44. The lowest BCUT2D eigenvalue weighted by Gasteiger charge is -2.46. The Balaban J connectivity index is 1.46. The van der Waals surface area contributed by atoms with Crippen LogP contribution in [0.25, 0.3) is 16.8 Å². The number of likely N-dealkylation sites (tertiary alicyclic amines) is 1. The molecule has 1 aliphatic heterocycles. The van der Waals surface area contributed by atoms with Crippen LogP contribution in [0.1, 0.15) is 43.1 Å².